The first-order valence-corrected chi connectivity index (χ1v) is 10.7. The quantitative estimate of drug-likeness (QED) is 0.419. The molecule has 2 aromatic carbocycles. The van der Waals surface area contributed by atoms with Gasteiger partial charge < -0.3 is 4.74 Å². The summed E-state index contributed by atoms with van der Waals surface area (Å²) >= 11 is 0. The fourth-order valence-corrected chi connectivity index (χ4v) is 5.18. The van der Waals surface area contributed by atoms with Crippen molar-refractivity contribution in [1.82, 2.24) is 0 Å². The molecule has 1 nitrogen and oxygen atoms in total. The zero-order valence-electron chi connectivity index (χ0n) is 17.2. The van der Waals surface area contributed by atoms with Crippen LogP contribution in [0.15, 0.2) is 55.1 Å². The lowest BCUT2D eigenvalue weighted by Gasteiger charge is -2.41. The van der Waals surface area contributed by atoms with E-state index in [2.05, 4.69) is 24.5 Å². The Bertz CT molecular complexity index is 918. The van der Waals surface area contributed by atoms with Gasteiger partial charge in [-0.25, -0.2) is 4.39 Å². The lowest BCUT2D eigenvalue weighted by atomic mass is 9.64. The van der Waals surface area contributed by atoms with Crippen molar-refractivity contribution >= 4 is 0 Å². The van der Waals surface area contributed by atoms with E-state index >= 15 is 0 Å². The van der Waals surface area contributed by atoms with Crippen LogP contribution in [0.1, 0.15) is 61.1 Å². The zero-order chi connectivity index (χ0) is 20.2. The molecule has 0 N–H and O–H groups in total. The van der Waals surface area contributed by atoms with Crippen molar-refractivity contribution in [3.63, 3.8) is 0 Å². The van der Waals surface area contributed by atoms with Gasteiger partial charge in [-0.2, -0.15) is 0 Å². The highest BCUT2D eigenvalue weighted by molar-refractivity contribution is 5.45. The summed E-state index contributed by atoms with van der Waals surface area (Å²) in [6, 6.07) is 13.1. The molecule has 0 aliphatic heterocycles. The van der Waals surface area contributed by atoms with Crippen LogP contribution in [-0.2, 0) is 0 Å². The van der Waals surface area contributed by atoms with Crippen LogP contribution in [0.3, 0.4) is 0 Å². The molecule has 0 radical (unpaired) electrons. The van der Waals surface area contributed by atoms with E-state index in [1.54, 1.807) is 13.2 Å². The fraction of sp³-hybridized carbons (Fsp3) is 0.407. The van der Waals surface area contributed by atoms with Crippen molar-refractivity contribution in [2.45, 2.75) is 44.4 Å². The van der Waals surface area contributed by atoms with Crippen LogP contribution in [-0.4, -0.2) is 7.11 Å². The van der Waals surface area contributed by atoms with Gasteiger partial charge >= 0.3 is 0 Å². The van der Waals surface area contributed by atoms with Crippen molar-refractivity contribution in [3.8, 4) is 17.6 Å². The molecule has 2 saturated carbocycles. The average Bonchev–Trinajstić information content (AvgIpc) is 2.77. The minimum atomic E-state index is -0.102. The predicted octanol–water partition coefficient (Wildman–Crippen LogP) is 6.72. The first-order chi connectivity index (χ1) is 14.2. The van der Waals surface area contributed by atoms with Gasteiger partial charge in [0.2, 0.25) is 0 Å². The molecule has 150 valence electrons. The molecule has 2 fully saturated rings. The van der Waals surface area contributed by atoms with Crippen LogP contribution in [0, 0.1) is 35.4 Å². The number of hydrogen-bond donors (Lipinski definition) is 0. The summed E-state index contributed by atoms with van der Waals surface area (Å²) in [5.41, 5.74) is 2.50. The molecule has 0 saturated heterocycles. The SMILES string of the molecule is C=CC1CCC2CC(c3ccc(C#Cc4ccc(OC)cc4)cc3F)CCC2C1. The van der Waals surface area contributed by atoms with Gasteiger partial charge in [0, 0.05) is 11.1 Å². The molecule has 2 aromatic rings. The molecule has 2 heteroatoms. The summed E-state index contributed by atoms with van der Waals surface area (Å²) in [4.78, 5) is 0. The van der Waals surface area contributed by atoms with Gasteiger partial charge in [-0.3, -0.25) is 0 Å². The van der Waals surface area contributed by atoms with E-state index < -0.39 is 0 Å². The Balaban J connectivity index is 1.44. The summed E-state index contributed by atoms with van der Waals surface area (Å²) in [6.45, 7) is 3.98. The van der Waals surface area contributed by atoms with E-state index in [1.807, 2.05) is 36.4 Å². The van der Waals surface area contributed by atoms with E-state index in [1.165, 1.54) is 25.7 Å². The molecule has 0 aromatic heterocycles. The molecule has 2 aliphatic carbocycles. The van der Waals surface area contributed by atoms with Crippen LogP contribution in [0.4, 0.5) is 4.39 Å². The summed E-state index contributed by atoms with van der Waals surface area (Å²) in [5.74, 6) is 9.48. The molecule has 0 bridgehead atoms. The second kappa shape index (κ2) is 8.87. The Morgan fingerprint density at radius 3 is 2.34 bits per heavy atom. The highest BCUT2D eigenvalue weighted by Gasteiger charge is 2.35. The maximum Gasteiger partial charge on any atom is 0.127 e. The summed E-state index contributed by atoms with van der Waals surface area (Å²) in [7, 11) is 1.64. The van der Waals surface area contributed by atoms with E-state index in [-0.39, 0.29) is 5.82 Å². The zero-order valence-corrected chi connectivity index (χ0v) is 17.2. The monoisotopic (exact) mass is 388 g/mol. The van der Waals surface area contributed by atoms with Crippen molar-refractivity contribution in [3.05, 3.63) is 77.6 Å². The fourth-order valence-electron chi connectivity index (χ4n) is 5.18. The van der Waals surface area contributed by atoms with Crippen LogP contribution >= 0.6 is 0 Å². The third-order valence-electron chi connectivity index (χ3n) is 6.87. The lowest BCUT2D eigenvalue weighted by Crippen LogP contribution is -2.30. The molecule has 0 spiro atoms. The number of methoxy groups -OCH3 is 1. The number of rotatable bonds is 3. The molecular weight excluding hydrogens is 359 g/mol. The van der Waals surface area contributed by atoms with Crippen molar-refractivity contribution < 1.29 is 9.13 Å². The maximum absolute atomic E-state index is 14.9. The van der Waals surface area contributed by atoms with Crippen molar-refractivity contribution in [2.75, 3.05) is 7.11 Å². The van der Waals surface area contributed by atoms with E-state index in [4.69, 9.17) is 4.74 Å². The molecule has 2 aliphatic rings. The third-order valence-corrected chi connectivity index (χ3v) is 6.87. The number of fused-ring (bicyclic) bond motifs is 1. The van der Waals surface area contributed by atoms with Crippen LogP contribution < -0.4 is 4.74 Å². The van der Waals surface area contributed by atoms with Gasteiger partial charge in [-0.15, -0.1) is 6.58 Å². The van der Waals surface area contributed by atoms with Gasteiger partial charge in [0.1, 0.15) is 11.6 Å². The normalized spacial score (nSPS) is 26.0. The maximum atomic E-state index is 14.9. The van der Waals surface area contributed by atoms with Gasteiger partial charge in [-0.1, -0.05) is 24.0 Å². The minimum Gasteiger partial charge on any atom is -0.497 e. The van der Waals surface area contributed by atoms with E-state index in [0.717, 1.165) is 47.1 Å². The number of benzene rings is 2. The van der Waals surface area contributed by atoms with Crippen molar-refractivity contribution in [2.24, 2.45) is 17.8 Å². The third kappa shape index (κ3) is 4.56. The summed E-state index contributed by atoms with van der Waals surface area (Å²) < 4.78 is 20.1. The summed E-state index contributed by atoms with van der Waals surface area (Å²) in [6.07, 6.45) is 9.38. The Hall–Kier alpha value is -2.53. The Morgan fingerprint density at radius 2 is 1.62 bits per heavy atom. The molecule has 0 amide bonds. The Kier molecular flexibility index (Phi) is 6.05. The first kappa shape index (κ1) is 19.8. The van der Waals surface area contributed by atoms with Crippen LogP contribution in [0.25, 0.3) is 0 Å². The predicted molar refractivity (Wildman–Crippen MR) is 116 cm³/mol. The van der Waals surface area contributed by atoms with Crippen molar-refractivity contribution in [1.29, 1.82) is 0 Å². The first-order valence-electron chi connectivity index (χ1n) is 10.7. The number of hydrogen-bond acceptors (Lipinski definition) is 1. The number of ether oxygens (including phenoxy) is 1. The molecule has 0 heterocycles. The van der Waals surface area contributed by atoms with Crippen LogP contribution in [0.5, 0.6) is 5.75 Å². The lowest BCUT2D eigenvalue weighted by molar-refractivity contribution is 0.132. The van der Waals surface area contributed by atoms with Gasteiger partial charge in [0.15, 0.2) is 0 Å². The topological polar surface area (TPSA) is 9.23 Å². The standard InChI is InChI=1S/C27H29FO/c1-3-19-6-10-23-18-24(12-11-22(23)16-19)26-15-9-21(17-27(26)28)5-4-20-7-13-25(29-2)14-8-20/h3,7-9,13-15,17,19,22-24H,1,6,10-12,16,18H2,2H3. The van der Waals surface area contributed by atoms with Gasteiger partial charge in [-0.05, 0) is 104 Å². The van der Waals surface area contributed by atoms with Gasteiger partial charge in [0.25, 0.3) is 0 Å². The van der Waals surface area contributed by atoms with Gasteiger partial charge in [0.05, 0.1) is 7.11 Å². The average molecular weight is 389 g/mol. The highest BCUT2D eigenvalue weighted by Crippen LogP contribution is 2.48. The van der Waals surface area contributed by atoms with E-state index in [0.29, 0.717) is 11.8 Å². The summed E-state index contributed by atoms with van der Waals surface area (Å²) in [5, 5.41) is 0. The second-order valence-corrected chi connectivity index (χ2v) is 8.55. The minimum absolute atomic E-state index is 0.102. The molecular formula is C27H29FO. The smallest absolute Gasteiger partial charge is 0.127 e. The molecule has 4 atom stereocenters. The number of halogens is 1. The largest absolute Gasteiger partial charge is 0.497 e. The highest BCUT2D eigenvalue weighted by atomic mass is 19.1. The Labute approximate surface area is 174 Å². The molecule has 4 rings (SSSR count). The Morgan fingerprint density at radius 1 is 0.931 bits per heavy atom. The molecule has 29 heavy (non-hydrogen) atoms. The second-order valence-electron chi connectivity index (χ2n) is 8.55. The number of allylic oxidation sites excluding steroid dienone is 1. The van der Waals surface area contributed by atoms with E-state index in [9.17, 15) is 4.39 Å². The van der Waals surface area contributed by atoms with Crippen LogP contribution in [0.2, 0.25) is 0 Å². The molecule has 4 unspecified atom stereocenters.